The molecule has 1 aromatic carbocycles. The van der Waals surface area contributed by atoms with Gasteiger partial charge in [0.1, 0.15) is 5.76 Å². The molecule has 1 aromatic heterocycles. The second-order valence-corrected chi connectivity index (χ2v) is 4.94. The molecule has 0 aliphatic carbocycles. The molecule has 0 bridgehead atoms. The number of rotatable bonds is 3. The molecule has 1 aliphatic heterocycles. The molecule has 0 saturated carbocycles. The lowest BCUT2D eigenvalue weighted by Gasteiger charge is -2.15. The summed E-state index contributed by atoms with van der Waals surface area (Å²) in [6.45, 7) is 1.84. The van der Waals surface area contributed by atoms with Crippen molar-refractivity contribution in [2.45, 2.75) is 19.3 Å². The number of hydrogen-bond donors (Lipinski definition) is 0. The van der Waals surface area contributed by atoms with Gasteiger partial charge in [-0.3, -0.25) is 4.79 Å². The van der Waals surface area contributed by atoms with E-state index in [9.17, 15) is 4.79 Å². The van der Waals surface area contributed by atoms with Crippen LogP contribution in [0.4, 0.5) is 0 Å². The van der Waals surface area contributed by atoms with Crippen LogP contribution in [-0.4, -0.2) is 23.9 Å². The van der Waals surface area contributed by atoms with Gasteiger partial charge >= 0.3 is 0 Å². The average Bonchev–Trinajstić information content (AvgIpc) is 3.13. The van der Waals surface area contributed by atoms with Crippen molar-refractivity contribution in [3.05, 3.63) is 48.2 Å². The molecule has 0 atom stereocenters. The maximum atomic E-state index is 12.0. The van der Waals surface area contributed by atoms with E-state index in [0.29, 0.717) is 6.42 Å². The third kappa shape index (κ3) is 2.70. The Bertz CT molecular complexity index is 537. The fourth-order valence-corrected chi connectivity index (χ4v) is 2.48. The molecule has 1 saturated heterocycles. The Morgan fingerprint density at radius 3 is 2.47 bits per heavy atom. The van der Waals surface area contributed by atoms with Crippen molar-refractivity contribution in [1.29, 1.82) is 0 Å². The van der Waals surface area contributed by atoms with Crippen molar-refractivity contribution in [2.75, 3.05) is 13.1 Å². The Morgan fingerprint density at radius 1 is 1.11 bits per heavy atom. The van der Waals surface area contributed by atoms with Gasteiger partial charge in [0.25, 0.3) is 0 Å². The van der Waals surface area contributed by atoms with E-state index in [1.54, 1.807) is 6.26 Å². The normalized spacial score (nSPS) is 14.8. The van der Waals surface area contributed by atoms with E-state index >= 15 is 0 Å². The molecule has 0 radical (unpaired) electrons. The molecule has 2 heterocycles. The first-order valence-electron chi connectivity index (χ1n) is 6.73. The number of furan rings is 1. The molecule has 3 heteroatoms. The summed E-state index contributed by atoms with van der Waals surface area (Å²) in [6, 6.07) is 11.8. The lowest BCUT2D eigenvalue weighted by molar-refractivity contribution is -0.129. The van der Waals surface area contributed by atoms with Gasteiger partial charge in [-0.15, -0.1) is 0 Å². The van der Waals surface area contributed by atoms with Crippen molar-refractivity contribution >= 4 is 5.91 Å². The Labute approximate surface area is 112 Å². The second-order valence-electron chi connectivity index (χ2n) is 4.94. The molecule has 1 amide bonds. The van der Waals surface area contributed by atoms with Gasteiger partial charge in [0.15, 0.2) is 0 Å². The summed E-state index contributed by atoms with van der Waals surface area (Å²) < 4.78 is 5.35. The van der Waals surface area contributed by atoms with Crippen LogP contribution in [0.25, 0.3) is 11.3 Å². The van der Waals surface area contributed by atoms with Crippen LogP contribution in [0.15, 0.2) is 47.1 Å². The monoisotopic (exact) mass is 255 g/mol. The molecule has 1 aliphatic rings. The molecule has 0 spiro atoms. The van der Waals surface area contributed by atoms with Crippen LogP contribution in [0, 0.1) is 0 Å². The number of carbonyl (C=O) groups is 1. The minimum absolute atomic E-state index is 0.239. The highest BCUT2D eigenvalue weighted by Crippen LogP contribution is 2.20. The van der Waals surface area contributed by atoms with Crippen LogP contribution in [0.2, 0.25) is 0 Å². The van der Waals surface area contributed by atoms with E-state index < -0.39 is 0 Å². The molecule has 3 nitrogen and oxygen atoms in total. The fraction of sp³-hybridized carbons (Fsp3) is 0.312. The molecule has 0 N–H and O–H groups in total. The zero-order valence-electron chi connectivity index (χ0n) is 10.8. The highest BCUT2D eigenvalue weighted by Gasteiger charge is 2.17. The number of amides is 1. The van der Waals surface area contributed by atoms with Gasteiger partial charge in [-0.2, -0.15) is 0 Å². The van der Waals surface area contributed by atoms with Crippen molar-refractivity contribution < 1.29 is 9.21 Å². The Kier molecular flexibility index (Phi) is 3.36. The van der Waals surface area contributed by atoms with E-state index in [1.165, 1.54) is 0 Å². The van der Waals surface area contributed by atoms with Gasteiger partial charge in [-0.05, 0) is 30.5 Å². The van der Waals surface area contributed by atoms with E-state index in [1.807, 2.05) is 41.3 Å². The summed E-state index contributed by atoms with van der Waals surface area (Å²) in [5.41, 5.74) is 2.11. The zero-order valence-corrected chi connectivity index (χ0v) is 10.8. The number of benzene rings is 1. The van der Waals surface area contributed by atoms with Crippen molar-refractivity contribution in [1.82, 2.24) is 4.90 Å². The molecular formula is C16H17NO2. The molecule has 19 heavy (non-hydrogen) atoms. The predicted octanol–water partition coefficient (Wildman–Crippen LogP) is 3.11. The number of nitrogens with zero attached hydrogens (tertiary/aromatic N) is 1. The summed E-state index contributed by atoms with van der Waals surface area (Å²) in [5, 5.41) is 0. The van der Waals surface area contributed by atoms with Gasteiger partial charge in [-0.1, -0.05) is 24.3 Å². The highest BCUT2D eigenvalue weighted by atomic mass is 16.3. The van der Waals surface area contributed by atoms with Crippen LogP contribution in [0.5, 0.6) is 0 Å². The van der Waals surface area contributed by atoms with Gasteiger partial charge in [0.2, 0.25) is 5.91 Å². The Morgan fingerprint density at radius 2 is 1.84 bits per heavy atom. The predicted molar refractivity (Wildman–Crippen MR) is 73.7 cm³/mol. The van der Waals surface area contributed by atoms with E-state index in [-0.39, 0.29) is 5.91 Å². The maximum absolute atomic E-state index is 12.0. The first-order chi connectivity index (χ1) is 9.33. The van der Waals surface area contributed by atoms with Gasteiger partial charge in [0, 0.05) is 18.7 Å². The molecule has 1 fully saturated rings. The SMILES string of the molecule is O=C(Cc1ccc(-c2ccco2)cc1)N1CCCC1. The molecule has 98 valence electrons. The zero-order chi connectivity index (χ0) is 13.1. The number of carbonyl (C=O) groups excluding carboxylic acids is 1. The van der Waals surface area contributed by atoms with Crippen LogP contribution < -0.4 is 0 Å². The lowest BCUT2D eigenvalue weighted by atomic mass is 10.1. The summed E-state index contributed by atoms with van der Waals surface area (Å²) >= 11 is 0. The first-order valence-corrected chi connectivity index (χ1v) is 6.73. The highest BCUT2D eigenvalue weighted by molar-refractivity contribution is 5.79. The van der Waals surface area contributed by atoms with Crippen LogP contribution in [0.1, 0.15) is 18.4 Å². The minimum Gasteiger partial charge on any atom is -0.464 e. The van der Waals surface area contributed by atoms with Crippen LogP contribution >= 0.6 is 0 Å². The minimum atomic E-state index is 0.239. The maximum Gasteiger partial charge on any atom is 0.226 e. The van der Waals surface area contributed by atoms with Crippen molar-refractivity contribution in [2.24, 2.45) is 0 Å². The quantitative estimate of drug-likeness (QED) is 0.844. The average molecular weight is 255 g/mol. The van der Waals surface area contributed by atoms with Gasteiger partial charge < -0.3 is 9.32 Å². The summed E-state index contributed by atoms with van der Waals surface area (Å²) in [6.07, 6.45) is 4.45. The first kappa shape index (κ1) is 12.0. The number of hydrogen-bond acceptors (Lipinski definition) is 2. The summed E-state index contributed by atoms with van der Waals surface area (Å²) in [4.78, 5) is 14.0. The third-order valence-electron chi connectivity index (χ3n) is 3.57. The topological polar surface area (TPSA) is 33.5 Å². The summed E-state index contributed by atoms with van der Waals surface area (Å²) in [5.74, 6) is 1.10. The van der Waals surface area contributed by atoms with Gasteiger partial charge in [0.05, 0.1) is 12.7 Å². The molecule has 2 aromatic rings. The fourth-order valence-electron chi connectivity index (χ4n) is 2.48. The molecule has 0 unspecified atom stereocenters. The van der Waals surface area contributed by atoms with Crippen molar-refractivity contribution in [3.63, 3.8) is 0 Å². The van der Waals surface area contributed by atoms with E-state index in [0.717, 1.165) is 42.8 Å². The Balaban J connectivity index is 1.67. The van der Waals surface area contributed by atoms with Crippen molar-refractivity contribution in [3.8, 4) is 11.3 Å². The van der Waals surface area contributed by atoms with E-state index in [4.69, 9.17) is 4.42 Å². The standard InChI is InChI=1S/C16H17NO2/c18-16(17-9-1-2-10-17)12-13-5-7-14(8-6-13)15-4-3-11-19-15/h3-8,11H,1-2,9-10,12H2. The smallest absolute Gasteiger partial charge is 0.226 e. The largest absolute Gasteiger partial charge is 0.464 e. The summed E-state index contributed by atoms with van der Waals surface area (Å²) in [7, 11) is 0. The Hall–Kier alpha value is -2.03. The van der Waals surface area contributed by atoms with E-state index in [2.05, 4.69) is 0 Å². The van der Waals surface area contributed by atoms with Crippen LogP contribution in [-0.2, 0) is 11.2 Å². The lowest BCUT2D eigenvalue weighted by Crippen LogP contribution is -2.28. The van der Waals surface area contributed by atoms with Gasteiger partial charge in [-0.25, -0.2) is 0 Å². The number of likely N-dealkylation sites (tertiary alicyclic amines) is 1. The third-order valence-corrected chi connectivity index (χ3v) is 3.57. The van der Waals surface area contributed by atoms with Crippen LogP contribution in [0.3, 0.4) is 0 Å². The molecule has 3 rings (SSSR count). The second kappa shape index (κ2) is 5.31. The molecular weight excluding hydrogens is 238 g/mol.